The second-order valence-corrected chi connectivity index (χ2v) is 4.99. The van der Waals surface area contributed by atoms with Crippen LogP contribution in [0.15, 0.2) is 18.2 Å². The van der Waals surface area contributed by atoms with Crippen LogP contribution in [-0.2, 0) is 6.42 Å². The summed E-state index contributed by atoms with van der Waals surface area (Å²) in [5, 5.41) is 14.3. The van der Waals surface area contributed by atoms with Gasteiger partial charge in [-0.15, -0.1) is 0 Å². The van der Waals surface area contributed by atoms with Crippen LogP contribution in [0.1, 0.15) is 36.3 Å². The average Bonchev–Trinajstić information content (AvgIpc) is 2.38. The van der Waals surface area contributed by atoms with Gasteiger partial charge in [-0.1, -0.05) is 6.07 Å². The predicted octanol–water partition coefficient (Wildman–Crippen LogP) is 2.38. The van der Waals surface area contributed by atoms with E-state index in [1.54, 1.807) is 12.1 Å². The molecule has 0 bridgehead atoms. The average molecular weight is 232 g/mol. The molecular weight excluding hydrogens is 216 g/mol. The van der Waals surface area contributed by atoms with Crippen molar-refractivity contribution in [3.63, 3.8) is 0 Å². The number of benzene rings is 1. The van der Waals surface area contributed by atoms with Gasteiger partial charge in [0.15, 0.2) is 0 Å². The summed E-state index contributed by atoms with van der Waals surface area (Å²) in [6, 6.07) is 5.96. The maximum absolute atomic E-state index is 10.8. The Morgan fingerprint density at radius 1 is 1.35 bits per heavy atom. The predicted molar refractivity (Wildman–Crippen MR) is 65.2 cm³/mol. The van der Waals surface area contributed by atoms with Gasteiger partial charge in [-0.3, -0.25) is 10.1 Å². The summed E-state index contributed by atoms with van der Waals surface area (Å²) in [6.07, 6.45) is 4.49. The van der Waals surface area contributed by atoms with E-state index in [9.17, 15) is 10.1 Å². The highest BCUT2D eigenvalue weighted by Crippen LogP contribution is 2.38. The van der Waals surface area contributed by atoms with Crippen molar-refractivity contribution in [3.05, 3.63) is 39.4 Å². The third-order valence-electron chi connectivity index (χ3n) is 4.05. The highest BCUT2D eigenvalue weighted by molar-refractivity contribution is 5.43. The van der Waals surface area contributed by atoms with Crippen molar-refractivity contribution in [1.29, 1.82) is 0 Å². The molecule has 2 aliphatic rings. The molecule has 1 aliphatic heterocycles. The number of nitro benzene ring substituents is 1. The molecule has 0 aromatic heterocycles. The minimum Gasteiger partial charge on any atom is -0.313 e. The summed E-state index contributed by atoms with van der Waals surface area (Å²) < 4.78 is 0. The molecule has 90 valence electrons. The van der Waals surface area contributed by atoms with E-state index >= 15 is 0 Å². The molecule has 1 N–H and O–H groups in total. The molecule has 3 rings (SSSR count). The maximum Gasteiger partial charge on any atom is 0.269 e. The van der Waals surface area contributed by atoms with Crippen LogP contribution in [0.4, 0.5) is 5.69 Å². The highest BCUT2D eigenvalue weighted by atomic mass is 16.6. The molecule has 0 spiro atoms. The molecule has 0 amide bonds. The SMILES string of the molecule is O=[N+]([O-])c1ccc2c(c1)CC[C@@H]1NCCC[C@@H]21. The topological polar surface area (TPSA) is 55.2 Å². The van der Waals surface area contributed by atoms with Gasteiger partial charge >= 0.3 is 0 Å². The molecule has 2 atom stereocenters. The second kappa shape index (κ2) is 4.11. The first-order valence-electron chi connectivity index (χ1n) is 6.26. The molecule has 0 saturated carbocycles. The number of aryl methyl sites for hydroxylation is 1. The summed E-state index contributed by atoms with van der Waals surface area (Å²) in [6.45, 7) is 1.11. The molecule has 17 heavy (non-hydrogen) atoms. The zero-order chi connectivity index (χ0) is 11.8. The number of nitrogens with zero attached hydrogens (tertiary/aromatic N) is 1. The summed E-state index contributed by atoms with van der Waals surface area (Å²) in [5.74, 6) is 0.563. The number of hydrogen-bond acceptors (Lipinski definition) is 3. The Labute approximate surface area is 100 Å². The number of fused-ring (bicyclic) bond motifs is 3. The minimum atomic E-state index is -0.300. The van der Waals surface area contributed by atoms with E-state index in [1.807, 2.05) is 6.07 Å². The van der Waals surface area contributed by atoms with E-state index in [4.69, 9.17) is 0 Å². The summed E-state index contributed by atoms with van der Waals surface area (Å²) in [5.41, 5.74) is 2.74. The summed E-state index contributed by atoms with van der Waals surface area (Å²) in [7, 11) is 0. The van der Waals surface area contributed by atoms with Gasteiger partial charge in [0, 0.05) is 18.2 Å². The Kier molecular flexibility index (Phi) is 2.59. The van der Waals surface area contributed by atoms with Gasteiger partial charge in [-0.25, -0.2) is 0 Å². The van der Waals surface area contributed by atoms with Crippen molar-refractivity contribution >= 4 is 5.69 Å². The first-order chi connectivity index (χ1) is 8.25. The van der Waals surface area contributed by atoms with Gasteiger partial charge in [0.2, 0.25) is 0 Å². The van der Waals surface area contributed by atoms with Crippen LogP contribution in [0.25, 0.3) is 0 Å². The molecule has 4 nitrogen and oxygen atoms in total. The highest BCUT2D eigenvalue weighted by Gasteiger charge is 2.31. The number of rotatable bonds is 1. The van der Waals surface area contributed by atoms with Crippen LogP contribution in [0.2, 0.25) is 0 Å². The fraction of sp³-hybridized carbons (Fsp3) is 0.538. The van der Waals surface area contributed by atoms with Crippen LogP contribution in [-0.4, -0.2) is 17.5 Å². The quantitative estimate of drug-likeness (QED) is 0.597. The van der Waals surface area contributed by atoms with E-state index < -0.39 is 0 Å². The Morgan fingerprint density at radius 3 is 3.06 bits per heavy atom. The molecule has 1 aromatic rings. The van der Waals surface area contributed by atoms with Crippen LogP contribution in [0.5, 0.6) is 0 Å². The van der Waals surface area contributed by atoms with Crippen LogP contribution in [0.3, 0.4) is 0 Å². The second-order valence-electron chi connectivity index (χ2n) is 4.99. The lowest BCUT2D eigenvalue weighted by Gasteiger charge is -2.37. The van der Waals surface area contributed by atoms with Crippen molar-refractivity contribution in [2.45, 2.75) is 37.6 Å². The first kappa shape index (κ1) is 10.7. The van der Waals surface area contributed by atoms with Crippen LogP contribution < -0.4 is 5.32 Å². The van der Waals surface area contributed by atoms with E-state index in [0.29, 0.717) is 12.0 Å². The molecule has 1 fully saturated rings. The van der Waals surface area contributed by atoms with E-state index in [0.717, 1.165) is 19.4 Å². The van der Waals surface area contributed by atoms with Gasteiger partial charge < -0.3 is 5.32 Å². The molecule has 0 unspecified atom stereocenters. The number of nitro groups is 1. The lowest BCUT2D eigenvalue weighted by atomic mass is 9.75. The lowest BCUT2D eigenvalue weighted by Crippen LogP contribution is -2.42. The molecule has 1 aromatic carbocycles. The monoisotopic (exact) mass is 232 g/mol. The third kappa shape index (κ3) is 1.82. The van der Waals surface area contributed by atoms with Crippen molar-refractivity contribution in [2.75, 3.05) is 6.54 Å². The van der Waals surface area contributed by atoms with Gasteiger partial charge in [0.25, 0.3) is 5.69 Å². The molecule has 4 heteroatoms. The molecule has 1 aliphatic carbocycles. The molecule has 1 heterocycles. The van der Waals surface area contributed by atoms with E-state index in [2.05, 4.69) is 5.32 Å². The van der Waals surface area contributed by atoms with Crippen molar-refractivity contribution in [3.8, 4) is 0 Å². The third-order valence-corrected chi connectivity index (χ3v) is 4.05. The first-order valence-corrected chi connectivity index (χ1v) is 6.26. The normalized spacial score (nSPS) is 27.1. The van der Waals surface area contributed by atoms with E-state index in [-0.39, 0.29) is 10.6 Å². The largest absolute Gasteiger partial charge is 0.313 e. The maximum atomic E-state index is 10.8. The Hall–Kier alpha value is -1.42. The minimum absolute atomic E-state index is 0.228. The fourth-order valence-corrected chi connectivity index (χ4v) is 3.22. The molecule has 0 radical (unpaired) electrons. The summed E-state index contributed by atoms with van der Waals surface area (Å²) >= 11 is 0. The molecular formula is C13H16N2O2. The van der Waals surface area contributed by atoms with E-state index in [1.165, 1.54) is 24.0 Å². The standard InChI is InChI=1S/C13H16N2O2/c16-15(17)10-4-5-11-9(8-10)3-6-13-12(11)2-1-7-14-13/h4-5,8,12-14H,1-3,6-7H2/t12-,13-/m0/s1. The lowest BCUT2D eigenvalue weighted by molar-refractivity contribution is -0.384. The Morgan fingerprint density at radius 2 is 2.24 bits per heavy atom. The van der Waals surface area contributed by atoms with Crippen molar-refractivity contribution in [2.24, 2.45) is 0 Å². The number of piperidine rings is 1. The molecule has 1 saturated heterocycles. The Balaban J connectivity index is 1.97. The number of non-ortho nitro benzene ring substituents is 1. The zero-order valence-electron chi connectivity index (χ0n) is 9.69. The zero-order valence-corrected chi connectivity index (χ0v) is 9.69. The van der Waals surface area contributed by atoms with Crippen LogP contribution in [0, 0.1) is 10.1 Å². The van der Waals surface area contributed by atoms with Gasteiger partial charge in [0.05, 0.1) is 4.92 Å². The van der Waals surface area contributed by atoms with Crippen molar-refractivity contribution < 1.29 is 4.92 Å². The smallest absolute Gasteiger partial charge is 0.269 e. The van der Waals surface area contributed by atoms with Crippen molar-refractivity contribution in [1.82, 2.24) is 5.32 Å². The van der Waals surface area contributed by atoms with Gasteiger partial charge in [-0.2, -0.15) is 0 Å². The van der Waals surface area contributed by atoms with Crippen LogP contribution >= 0.6 is 0 Å². The Bertz CT molecular complexity index is 459. The van der Waals surface area contributed by atoms with Gasteiger partial charge in [-0.05, 0) is 49.3 Å². The number of hydrogen-bond donors (Lipinski definition) is 1. The summed E-state index contributed by atoms with van der Waals surface area (Å²) in [4.78, 5) is 10.5. The van der Waals surface area contributed by atoms with Gasteiger partial charge in [0.1, 0.15) is 0 Å². The fourth-order valence-electron chi connectivity index (χ4n) is 3.22. The number of nitrogens with one attached hydrogen (secondary N) is 1.